The van der Waals surface area contributed by atoms with Crippen molar-refractivity contribution in [3.63, 3.8) is 0 Å². The van der Waals surface area contributed by atoms with Crippen molar-refractivity contribution in [3.05, 3.63) is 59.7 Å². The molecule has 7 heteroatoms. The smallest absolute Gasteiger partial charge is 0.233 e. The van der Waals surface area contributed by atoms with Crippen LogP contribution in [-0.4, -0.2) is 45.5 Å². The third-order valence-corrected chi connectivity index (χ3v) is 5.79. The number of aryl methyl sites for hydroxylation is 1. The molecule has 2 aromatic carbocycles. The molecule has 0 aliphatic rings. The Balaban J connectivity index is 1.62. The Morgan fingerprint density at radius 1 is 1.10 bits per heavy atom. The van der Waals surface area contributed by atoms with Gasteiger partial charge in [-0.25, -0.2) is 0 Å². The number of carbonyl (C=O) groups excluding carboxylic acids is 1. The van der Waals surface area contributed by atoms with Gasteiger partial charge in [-0.05, 0) is 29.7 Å². The fraction of sp³-hybridized carbons (Fsp3) is 0.318. The molecule has 152 valence electrons. The number of hydrogen-bond donors (Lipinski definition) is 0. The van der Waals surface area contributed by atoms with Crippen molar-refractivity contribution < 1.29 is 9.53 Å². The first-order chi connectivity index (χ1) is 14.0. The molecule has 29 heavy (non-hydrogen) atoms. The number of rotatable bonds is 8. The molecular formula is C22H26N4O2S. The summed E-state index contributed by atoms with van der Waals surface area (Å²) in [5, 5.41) is 9.23. The van der Waals surface area contributed by atoms with E-state index in [0.717, 1.165) is 23.3 Å². The predicted octanol–water partition coefficient (Wildman–Crippen LogP) is 3.80. The van der Waals surface area contributed by atoms with Gasteiger partial charge in [0.15, 0.2) is 11.0 Å². The van der Waals surface area contributed by atoms with E-state index in [9.17, 15) is 4.79 Å². The summed E-state index contributed by atoms with van der Waals surface area (Å²) in [5.41, 5.74) is 3.29. The molecule has 6 nitrogen and oxygen atoms in total. The van der Waals surface area contributed by atoms with Crippen LogP contribution in [0, 0.1) is 0 Å². The molecule has 0 N–H and O–H groups in total. The third-order valence-electron chi connectivity index (χ3n) is 4.78. The van der Waals surface area contributed by atoms with Gasteiger partial charge in [0.2, 0.25) is 5.91 Å². The van der Waals surface area contributed by atoms with Crippen LogP contribution in [0.3, 0.4) is 0 Å². The number of ether oxygens (including phenoxy) is 1. The first-order valence-corrected chi connectivity index (χ1v) is 10.5. The number of amides is 1. The Morgan fingerprint density at radius 2 is 1.79 bits per heavy atom. The molecule has 0 aliphatic carbocycles. The van der Waals surface area contributed by atoms with E-state index in [0.29, 0.717) is 23.3 Å². The van der Waals surface area contributed by atoms with Gasteiger partial charge >= 0.3 is 0 Å². The SMILES string of the molecule is CCc1ccc(CN(C)C(=O)CSc2nnc(-c3ccccc3OC)n2C)cc1. The minimum absolute atomic E-state index is 0.0522. The zero-order valence-corrected chi connectivity index (χ0v) is 18.1. The Kier molecular flexibility index (Phi) is 6.93. The van der Waals surface area contributed by atoms with Crippen molar-refractivity contribution in [2.24, 2.45) is 7.05 Å². The van der Waals surface area contributed by atoms with Gasteiger partial charge < -0.3 is 14.2 Å². The minimum atomic E-state index is 0.0522. The molecule has 0 atom stereocenters. The monoisotopic (exact) mass is 410 g/mol. The number of aromatic nitrogens is 3. The molecule has 0 unspecified atom stereocenters. The summed E-state index contributed by atoms with van der Waals surface area (Å²) >= 11 is 1.39. The maximum atomic E-state index is 12.6. The van der Waals surface area contributed by atoms with E-state index in [2.05, 4.69) is 41.4 Å². The van der Waals surface area contributed by atoms with Crippen LogP contribution in [0.25, 0.3) is 11.4 Å². The van der Waals surface area contributed by atoms with Crippen LogP contribution in [0.1, 0.15) is 18.1 Å². The molecule has 3 rings (SSSR count). The minimum Gasteiger partial charge on any atom is -0.496 e. The Labute approximate surface area is 175 Å². The summed E-state index contributed by atoms with van der Waals surface area (Å²) in [6.45, 7) is 2.72. The maximum absolute atomic E-state index is 12.6. The van der Waals surface area contributed by atoms with E-state index in [1.165, 1.54) is 17.3 Å². The van der Waals surface area contributed by atoms with E-state index in [4.69, 9.17) is 4.74 Å². The zero-order valence-electron chi connectivity index (χ0n) is 17.3. The molecule has 0 saturated carbocycles. The average Bonchev–Trinajstić information content (AvgIpc) is 3.12. The van der Waals surface area contributed by atoms with Crippen LogP contribution < -0.4 is 4.74 Å². The Hall–Kier alpha value is -2.80. The van der Waals surface area contributed by atoms with Crippen molar-refractivity contribution in [3.8, 4) is 17.1 Å². The number of benzene rings is 2. The lowest BCUT2D eigenvalue weighted by atomic mass is 10.1. The second kappa shape index (κ2) is 9.60. The molecule has 0 spiro atoms. The normalized spacial score (nSPS) is 10.8. The molecule has 3 aromatic rings. The number of thioether (sulfide) groups is 1. The lowest BCUT2D eigenvalue weighted by molar-refractivity contribution is -0.127. The number of nitrogens with zero attached hydrogens (tertiary/aromatic N) is 4. The summed E-state index contributed by atoms with van der Waals surface area (Å²) in [7, 11) is 5.36. The third kappa shape index (κ3) is 4.98. The maximum Gasteiger partial charge on any atom is 0.233 e. The quantitative estimate of drug-likeness (QED) is 0.529. The highest BCUT2D eigenvalue weighted by atomic mass is 32.2. The Morgan fingerprint density at radius 3 is 2.48 bits per heavy atom. The molecule has 0 fully saturated rings. The fourth-order valence-corrected chi connectivity index (χ4v) is 3.84. The lowest BCUT2D eigenvalue weighted by Gasteiger charge is -2.17. The van der Waals surface area contributed by atoms with Crippen LogP contribution in [0.4, 0.5) is 0 Å². The van der Waals surface area contributed by atoms with Crippen molar-refractivity contribution in [1.82, 2.24) is 19.7 Å². The highest BCUT2D eigenvalue weighted by Gasteiger charge is 2.17. The molecular weight excluding hydrogens is 384 g/mol. The van der Waals surface area contributed by atoms with Crippen LogP contribution in [0.15, 0.2) is 53.7 Å². The molecule has 0 aliphatic heterocycles. The van der Waals surface area contributed by atoms with E-state index in [-0.39, 0.29) is 5.91 Å². The summed E-state index contributed by atoms with van der Waals surface area (Å²) in [6, 6.07) is 16.1. The highest BCUT2D eigenvalue weighted by molar-refractivity contribution is 7.99. The van der Waals surface area contributed by atoms with E-state index in [1.54, 1.807) is 12.0 Å². The van der Waals surface area contributed by atoms with Crippen molar-refractivity contribution in [1.29, 1.82) is 0 Å². The predicted molar refractivity (Wildman–Crippen MR) is 116 cm³/mol. The van der Waals surface area contributed by atoms with Gasteiger partial charge in [0.25, 0.3) is 0 Å². The van der Waals surface area contributed by atoms with Gasteiger partial charge in [0.1, 0.15) is 5.75 Å². The number of methoxy groups -OCH3 is 1. The van der Waals surface area contributed by atoms with Gasteiger partial charge in [0.05, 0.1) is 18.4 Å². The number of hydrogen-bond acceptors (Lipinski definition) is 5. The van der Waals surface area contributed by atoms with E-state index >= 15 is 0 Å². The van der Waals surface area contributed by atoms with Crippen LogP contribution in [0.2, 0.25) is 0 Å². The second-order valence-electron chi connectivity index (χ2n) is 6.77. The fourth-order valence-electron chi connectivity index (χ4n) is 2.98. The standard InChI is InChI=1S/C22H26N4O2S/c1-5-16-10-12-17(13-11-16)14-25(2)20(27)15-29-22-24-23-21(26(22)3)18-8-6-7-9-19(18)28-4/h6-13H,5,14-15H2,1-4H3. The largest absolute Gasteiger partial charge is 0.496 e. The second-order valence-corrected chi connectivity index (χ2v) is 7.72. The molecule has 0 saturated heterocycles. The average molecular weight is 411 g/mol. The first-order valence-electron chi connectivity index (χ1n) is 9.50. The van der Waals surface area contributed by atoms with E-state index < -0.39 is 0 Å². The van der Waals surface area contributed by atoms with E-state index in [1.807, 2.05) is 42.9 Å². The Bertz CT molecular complexity index is 969. The summed E-state index contributed by atoms with van der Waals surface area (Å²) in [4.78, 5) is 14.3. The highest BCUT2D eigenvalue weighted by Crippen LogP contribution is 2.30. The first kappa shape index (κ1) is 20.9. The zero-order chi connectivity index (χ0) is 20.8. The molecule has 1 heterocycles. The van der Waals surface area contributed by atoms with Gasteiger partial charge in [-0.3, -0.25) is 4.79 Å². The number of carbonyl (C=O) groups is 1. The van der Waals surface area contributed by atoms with Crippen LogP contribution in [-0.2, 0) is 24.8 Å². The summed E-state index contributed by atoms with van der Waals surface area (Å²) < 4.78 is 7.30. The summed E-state index contributed by atoms with van der Waals surface area (Å²) in [5.74, 6) is 1.81. The topological polar surface area (TPSA) is 60.3 Å². The van der Waals surface area contributed by atoms with Crippen molar-refractivity contribution in [2.75, 3.05) is 19.9 Å². The molecule has 0 bridgehead atoms. The molecule has 1 amide bonds. The van der Waals surface area contributed by atoms with Crippen molar-refractivity contribution >= 4 is 17.7 Å². The molecule has 0 radical (unpaired) electrons. The van der Waals surface area contributed by atoms with Crippen LogP contribution in [0.5, 0.6) is 5.75 Å². The van der Waals surface area contributed by atoms with Gasteiger partial charge in [-0.2, -0.15) is 0 Å². The van der Waals surface area contributed by atoms with Gasteiger partial charge in [0, 0.05) is 20.6 Å². The summed E-state index contributed by atoms with van der Waals surface area (Å²) in [6.07, 6.45) is 1.01. The van der Waals surface area contributed by atoms with Crippen molar-refractivity contribution in [2.45, 2.75) is 25.0 Å². The van der Waals surface area contributed by atoms with Gasteiger partial charge in [-0.1, -0.05) is 55.1 Å². The molecule has 1 aromatic heterocycles. The lowest BCUT2D eigenvalue weighted by Crippen LogP contribution is -2.27. The van der Waals surface area contributed by atoms with Gasteiger partial charge in [-0.15, -0.1) is 10.2 Å². The number of para-hydroxylation sites is 1. The van der Waals surface area contributed by atoms with Crippen LogP contribution >= 0.6 is 11.8 Å².